The summed E-state index contributed by atoms with van der Waals surface area (Å²) >= 11 is 0. The normalized spacial score (nSPS) is 20.4. The molecule has 1 aliphatic carbocycles. The highest BCUT2D eigenvalue weighted by Gasteiger charge is 2.28. The fourth-order valence-corrected chi connectivity index (χ4v) is 2.95. The molecule has 0 spiro atoms. The lowest BCUT2D eigenvalue weighted by atomic mass is 9.81. The van der Waals surface area contributed by atoms with E-state index in [4.69, 9.17) is 5.73 Å². The van der Waals surface area contributed by atoms with Crippen LogP contribution in [0, 0.1) is 0 Å². The van der Waals surface area contributed by atoms with Crippen LogP contribution in [0.2, 0.25) is 0 Å². The Hall–Kier alpha value is -0.820. The average Bonchev–Trinajstić information content (AvgIpc) is 2.54. The van der Waals surface area contributed by atoms with Gasteiger partial charge in [-0.05, 0) is 29.4 Å². The predicted octanol–water partition coefficient (Wildman–Crippen LogP) is 4.49. The number of benzene rings is 1. The molecule has 0 heterocycles. The van der Waals surface area contributed by atoms with Gasteiger partial charge in [0.25, 0.3) is 0 Å². The highest BCUT2D eigenvalue weighted by Crippen LogP contribution is 2.34. The number of rotatable bonds is 1. The molecule has 0 aliphatic heterocycles. The summed E-state index contributed by atoms with van der Waals surface area (Å²) in [6.07, 6.45) is 7.52. The minimum atomic E-state index is -0.0765. The van der Waals surface area contributed by atoms with Crippen molar-refractivity contribution in [2.24, 2.45) is 5.73 Å². The van der Waals surface area contributed by atoms with E-state index >= 15 is 0 Å². The Labute approximate surface area is 112 Å². The molecule has 0 aromatic heterocycles. The summed E-state index contributed by atoms with van der Waals surface area (Å²) in [6, 6.07) is 9.03. The van der Waals surface area contributed by atoms with Gasteiger partial charge in [-0.3, -0.25) is 0 Å². The monoisotopic (exact) mass is 245 g/mol. The van der Waals surface area contributed by atoms with Crippen LogP contribution in [-0.2, 0) is 11.0 Å². The fourth-order valence-electron chi connectivity index (χ4n) is 2.95. The summed E-state index contributed by atoms with van der Waals surface area (Å²) in [6.45, 7) is 6.77. The second-order valence-corrected chi connectivity index (χ2v) is 6.90. The molecule has 0 saturated heterocycles. The van der Waals surface area contributed by atoms with Gasteiger partial charge in [0.2, 0.25) is 0 Å². The Bertz CT molecular complexity index is 375. The molecule has 2 N–H and O–H groups in total. The largest absolute Gasteiger partial charge is 0.321 e. The van der Waals surface area contributed by atoms with Crippen LogP contribution in [0.25, 0.3) is 0 Å². The molecule has 0 bridgehead atoms. The maximum Gasteiger partial charge on any atom is 0.0409 e. The van der Waals surface area contributed by atoms with Crippen molar-refractivity contribution in [1.29, 1.82) is 0 Å². The fraction of sp³-hybridized carbons (Fsp3) is 0.647. The number of hydrogen-bond donors (Lipinski definition) is 1. The highest BCUT2D eigenvalue weighted by atomic mass is 14.7. The Morgan fingerprint density at radius 1 is 0.889 bits per heavy atom. The van der Waals surface area contributed by atoms with Gasteiger partial charge in [-0.15, -0.1) is 0 Å². The summed E-state index contributed by atoms with van der Waals surface area (Å²) < 4.78 is 0. The Morgan fingerprint density at radius 2 is 1.39 bits per heavy atom. The van der Waals surface area contributed by atoms with Crippen LogP contribution in [0.1, 0.15) is 70.4 Å². The van der Waals surface area contributed by atoms with Crippen molar-refractivity contribution in [3.8, 4) is 0 Å². The highest BCUT2D eigenvalue weighted by molar-refractivity contribution is 5.31. The van der Waals surface area contributed by atoms with Crippen LogP contribution in [0.15, 0.2) is 24.3 Å². The van der Waals surface area contributed by atoms with E-state index in [1.54, 1.807) is 0 Å². The molecule has 0 unspecified atom stereocenters. The lowest BCUT2D eigenvalue weighted by Gasteiger charge is -2.29. The van der Waals surface area contributed by atoms with Gasteiger partial charge in [0.1, 0.15) is 0 Å². The van der Waals surface area contributed by atoms with Crippen molar-refractivity contribution in [2.75, 3.05) is 0 Å². The molecule has 1 aromatic carbocycles. The zero-order valence-electron chi connectivity index (χ0n) is 12.1. The molecule has 18 heavy (non-hydrogen) atoms. The first-order chi connectivity index (χ1) is 8.42. The minimum absolute atomic E-state index is 0.0765. The second-order valence-electron chi connectivity index (χ2n) is 6.90. The molecule has 1 aromatic rings. The molecule has 0 amide bonds. The van der Waals surface area contributed by atoms with Crippen LogP contribution in [0.4, 0.5) is 0 Å². The standard InChI is InChI=1S/C17H27N/c1-16(2,3)14-8-10-15(11-9-14)17(18)12-6-4-5-7-13-17/h8-11H,4-7,12-13,18H2,1-3H3. The third kappa shape index (κ3) is 2.95. The SMILES string of the molecule is CC(C)(C)c1ccc(C2(N)CCCCCC2)cc1. The van der Waals surface area contributed by atoms with Crippen LogP contribution in [0.5, 0.6) is 0 Å². The Morgan fingerprint density at radius 3 is 1.83 bits per heavy atom. The molecule has 1 aliphatic rings. The van der Waals surface area contributed by atoms with E-state index in [1.807, 2.05) is 0 Å². The smallest absolute Gasteiger partial charge is 0.0409 e. The van der Waals surface area contributed by atoms with Crippen molar-refractivity contribution in [1.82, 2.24) is 0 Å². The number of nitrogens with two attached hydrogens (primary N) is 1. The van der Waals surface area contributed by atoms with Crippen LogP contribution in [0.3, 0.4) is 0 Å². The van der Waals surface area contributed by atoms with Gasteiger partial charge < -0.3 is 5.73 Å². The minimum Gasteiger partial charge on any atom is -0.321 e. The third-order valence-corrected chi connectivity index (χ3v) is 4.32. The molecule has 2 rings (SSSR count). The van der Waals surface area contributed by atoms with Crippen LogP contribution in [-0.4, -0.2) is 0 Å². The van der Waals surface area contributed by atoms with E-state index in [0.29, 0.717) is 0 Å². The van der Waals surface area contributed by atoms with Crippen LogP contribution >= 0.6 is 0 Å². The van der Waals surface area contributed by atoms with Gasteiger partial charge in [0.15, 0.2) is 0 Å². The first-order valence-corrected chi connectivity index (χ1v) is 7.32. The second kappa shape index (κ2) is 5.05. The van der Waals surface area contributed by atoms with Crippen molar-refractivity contribution >= 4 is 0 Å². The summed E-state index contributed by atoms with van der Waals surface area (Å²) in [7, 11) is 0. The van der Waals surface area contributed by atoms with Gasteiger partial charge in [-0.2, -0.15) is 0 Å². The molecule has 1 nitrogen and oxygen atoms in total. The summed E-state index contributed by atoms with van der Waals surface area (Å²) in [5.41, 5.74) is 9.51. The van der Waals surface area contributed by atoms with E-state index in [1.165, 1.54) is 36.8 Å². The van der Waals surface area contributed by atoms with Gasteiger partial charge in [0.05, 0.1) is 0 Å². The Kier molecular flexibility index (Phi) is 3.82. The van der Waals surface area contributed by atoms with Crippen molar-refractivity contribution in [3.05, 3.63) is 35.4 Å². The van der Waals surface area contributed by atoms with Crippen molar-refractivity contribution in [3.63, 3.8) is 0 Å². The van der Waals surface area contributed by atoms with Crippen molar-refractivity contribution in [2.45, 2.75) is 70.3 Å². The lowest BCUT2D eigenvalue weighted by Crippen LogP contribution is -2.36. The predicted molar refractivity (Wildman–Crippen MR) is 78.7 cm³/mol. The van der Waals surface area contributed by atoms with Crippen molar-refractivity contribution < 1.29 is 0 Å². The topological polar surface area (TPSA) is 26.0 Å². The Balaban J connectivity index is 2.22. The van der Waals surface area contributed by atoms with Gasteiger partial charge in [0, 0.05) is 5.54 Å². The van der Waals surface area contributed by atoms with Gasteiger partial charge >= 0.3 is 0 Å². The van der Waals surface area contributed by atoms with Crippen LogP contribution < -0.4 is 5.73 Å². The molecule has 0 atom stereocenters. The summed E-state index contributed by atoms with van der Waals surface area (Å²) in [5, 5.41) is 0. The average molecular weight is 245 g/mol. The lowest BCUT2D eigenvalue weighted by molar-refractivity contribution is 0.385. The molecular formula is C17H27N. The zero-order chi connectivity index (χ0) is 13.2. The maximum atomic E-state index is 6.64. The first kappa shape index (κ1) is 13.6. The summed E-state index contributed by atoms with van der Waals surface area (Å²) in [5.74, 6) is 0. The first-order valence-electron chi connectivity index (χ1n) is 7.32. The molecule has 1 heteroatoms. The van der Waals surface area contributed by atoms with Gasteiger partial charge in [-0.25, -0.2) is 0 Å². The van der Waals surface area contributed by atoms with E-state index in [0.717, 1.165) is 12.8 Å². The molecule has 1 saturated carbocycles. The van der Waals surface area contributed by atoms with E-state index in [-0.39, 0.29) is 11.0 Å². The van der Waals surface area contributed by atoms with E-state index in [2.05, 4.69) is 45.0 Å². The van der Waals surface area contributed by atoms with E-state index in [9.17, 15) is 0 Å². The summed E-state index contributed by atoms with van der Waals surface area (Å²) in [4.78, 5) is 0. The van der Waals surface area contributed by atoms with Gasteiger partial charge in [-0.1, -0.05) is 70.7 Å². The third-order valence-electron chi connectivity index (χ3n) is 4.32. The molecule has 1 fully saturated rings. The molecule has 0 radical (unpaired) electrons. The zero-order valence-corrected chi connectivity index (χ0v) is 12.1. The molecular weight excluding hydrogens is 218 g/mol. The maximum absolute atomic E-state index is 6.64. The molecule has 100 valence electrons. The quantitative estimate of drug-likeness (QED) is 0.725. The number of hydrogen-bond acceptors (Lipinski definition) is 1. The van der Waals surface area contributed by atoms with E-state index < -0.39 is 0 Å².